The topological polar surface area (TPSA) is 62.4 Å². The highest BCUT2D eigenvalue weighted by molar-refractivity contribution is 4.85. The highest BCUT2D eigenvalue weighted by atomic mass is 16.4. The molecule has 0 atom stereocenters. The molecule has 0 amide bonds. The molecule has 1 aliphatic heterocycles. The van der Waals surface area contributed by atoms with Crippen LogP contribution in [0.2, 0.25) is 0 Å². The van der Waals surface area contributed by atoms with Crippen LogP contribution in [0.1, 0.15) is 31.5 Å². The van der Waals surface area contributed by atoms with Gasteiger partial charge in [0.1, 0.15) is 0 Å². The lowest BCUT2D eigenvalue weighted by atomic mass is 9.94. The van der Waals surface area contributed by atoms with Crippen molar-refractivity contribution in [3.63, 3.8) is 0 Å². The maximum atomic E-state index is 9.78. The van der Waals surface area contributed by atoms with E-state index in [-0.39, 0.29) is 0 Å². The lowest BCUT2D eigenvalue weighted by Gasteiger charge is -2.34. The van der Waals surface area contributed by atoms with E-state index in [1.54, 1.807) is 6.92 Å². The molecule has 0 spiro atoms. The van der Waals surface area contributed by atoms with Crippen molar-refractivity contribution in [1.29, 1.82) is 0 Å². The standard InChI is InChI=1S/C10H17N3O2/c1-8-11-12-9(15-8)7-13-5-3-10(2,14)4-6-13/h14H,3-7H2,1-2H3. The average molecular weight is 211 g/mol. The minimum Gasteiger partial charge on any atom is -0.424 e. The van der Waals surface area contributed by atoms with Gasteiger partial charge in [-0.15, -0.1) is 10.2 Å². The lowest BCUT2D eigenvalue weighted by Crippen LogP contribution is -2.42. The Labute approximate surface area is 89.1 Å². The van der Waals surface area contributed by atoms with Crippen molar-refractivity contribution in [2.45, 2.75) is 38.8 Å². The van der Waals surface area contributed by atoms with E-state index in [1.807, 2.05) is 6.92 Å². The first-order chi connectivity index (χ1) is 7.05. The first kappa shape index (κ1) is 10.6. The number of aliphatic hydroxyl groups is 1. The summed E-state index contributed by atoms with van der Waals surface area (Å²) < 4.78 is 5.31. The van der Waals surface area contributed by atoms with E-state index in [9.17, 15) is 5.11 Å². The largest absolute Gasteiger partial charge is 0.424 e. The maximum absolute atomic E-state index is 9.78. The van der Waals surface area contributed by atoms with Gasteiger partial charge < -0.3 is 9.52 Å². The molecule has 1 aromatic heterocycles. The first-order valence-corrected chi connectivity index (χ1v) is 5.29. The average Bonchev–Trinajstić information content (AvgIpc) is 2.55. The van der Waals surface area contributed by atoms with Crippen LogP contribution in [-0.4, -0.2) is 38.9 Å². The Hall–Kier alpha value is -0.940. The SMILES string of the molecule is Cc1nnc(CN2CCC(C)(O)CC2)o1. The van der Waals surface area contributed by atoms with Crippen molar-refractivity contribution >= 4 is 0 Å². The van der Waals surface area contributed by atoms with Gasteiger partial charge in [-0.2, -0.15) is 0 Å². The summed E-state index contributed by atoms with van der Waals surface area (Å²) in [5.74, 6) is 1.27. The van der Waals surface area contributed by atoms with Gasteiger partial charge in [0.2, 0.25) is 11.8 Å². The molecule has 2 heterocycles. The summed E-state index contributed by atoms with van der Waals surface area (Å²) in [6.07, 6.45) is 1.61. The summed E-state index contributed by atoms with van der Waals surface area (Å²) in [6, 6.07) is 0. The van der Waals surface area contributed by atoms with Gasteiger partial charge in [0.25, 0.3) is 0 Å². The van der Waals surface area contributed by atoms with Crippen molar-refractivity contribution in [2.75, 3.05) is 13.1 Å². The summed E-state index contributed by atoms with van der Waals surface area (Å²) in [6.45, 7) is 6.14. The summed E-state index contributed by atoms with van der Waals surface area (Å²) in [5.41, 5.74) is -0.499. The second-order valence-corrected chi connectivity index (χ2v) is 4.49. The predicted octanol–water partition coefficient (Wildman–Crippen LogP) is 0.725. The minimum atomic E-state index is -0.499. The molecular weight excluding hydrogens is 194 g/mol. The number of aryl methyl sites for hydroxylation is 1. The van der Waals surface area contributed by atoms with Gasteiger partial charge in [-0.25, -0.2) is 0 Å². The number of aromatic nitrogens is 2. The zero-order valence-electron chi connectivity index (χ0n) is 9.23. The van der Waals surface area contributed by atoms with Crippen LogP contribution in [0.5, 0.6) is 0 Å². The fourth-order valence-electron chi connectivity index (χ4n) is 1.79. The molecule has 0 aromatic carbocycles. The van der Waals surface area contributed by atoms with Gasteiger partial charge in [-0.3, -0.25) is 4.90 Å². The molecule has 2 rings (SSSR count). The van der Waals surface area contributed by atoms with Gasteiger partial charge in [-0.05, 0) is 19.8 Å². The monoisotopic (exact) mass is 211 g/mol. The molecule has 5 heteroatoms. The molecule has 1 saturated heterocycles. The Morgan fingerprint density at radius 1 is 1.40 bits per heavy atom. The van der Waals surface area contributed by atoms with Crippen LogP contribution in [0.25, 0.3) is 0 Å². The Morgan fingerprint density at radius 3 is 2.60 bits per heavy atom. The Kier molecular flexibility index (Phi) is 2.75. The lowest BCUT2D eigenvalue weighted by molar-refractivity contribution is -0.00914. The van der Waals surface area contributed by atoms with Gasteiger partial charge in [0.05, 0.1) is 12.1 Å². The van der Waals surface area contributed by atoms with Gasteiger partial charge in [0, 0.05) is 20.0 Å². The predicted molar refractivity (Wildman–Crippen MR) is 54.2 cm³/mol. The molecule has 0 radical (unpaired) electrons. The molecule has 1 fully saturated rings. The van der Waals surface area contributed by atoms with E-state index >= 15 is 0 Å². The molecule has 15 heavy (non-hydrogen) atoms. The van der Waals surface area contributed by atoms with Gasteiger partial charge in [0.15, 0.2) is 0 Å². The van der Waals surface area contributed by atoms with E-state index < -0.39 is 5.60 Å². The number of likely N-dealkylation sites (tertiary alicyclic amines) is 1. The van der Waals surface area contributed by atoms with E-state index in [0.717, 1.165) is 25.9 Å². The fraction of sp³-hybridized carbons (Fsp3) is 0.800. The van der Waals surface area contributed by atoms with E-state index in [4.69, 9.17) is 4.42 Å². The summed E-state index contributed by atoms with van der Waals surface area (Å²) in [5, 5.41) is 17.5. The van der Waals surface area contributed by atoms with Crippen LogP contribution in [-0.2, 0) is 6.54 Å². The molecule has 1 aliphatic rings. The molecule has 1 N–H and O–H groups in total. The zero-order valence-corrected chi connectivity index (χ0v) is 9.23. The molecule has 0 saturated carbocycles. The molecule has 0 aliphatic carbocycles. The maximum Gasteiger partial charge on any atom is 0.230 e. The van der Waals surface area contributed by atoms with Gasteiger partial charge >= 0.3 is 0 Å². The number of rotatable bonds is 2. The van der Waals surface area contributed by atoms with Crippen molar-refractivity contribution in [3.05, 3.63) is 11.8 Å². The molecule has 5 nitrogen and oxygen atoms in total. The van der Waals surface area contributed by atoms with Crippen LogP contribution in [0.4, 0.5) is 0 Å². The molecule has 0 unspecified atom stereocenters. The van der Waals surface area contributed by atoms with E-state index in [1.165, 1.54) is 0 Å². The van der Waals surface area contributed by atoms with Crippen LogP contribution in [0.3, 0.4) is 0 Å². The minimum absolute atomic E-state index is 0.499. The van der Waals surface area contributed by atoms with Crippen LogP contribution >= 0.6 is 0 Å². The third kappa shape index (κ3) is 2.76. The zero-order chi connectivity index (χ0) is 10.9. The van der Waals surface area contributed by atoms with E-state index in [2.05, 4.69) is 15.1 Å². The van der Waals surface area contributed by atoms with Crippen molar-refractivity contribution < 1.29 is 9.52 Å². The third-order valence-electron chi connectivity index (χ3n) is 2.86. The Balaban J connectivity index is 1.87. The number of hydrogen-bond acceptors (Lipinski definition) is 5. The first-order valence-electron chi connectivity index (χ1n) is 5.29. The fourth-order valence-corrected chi connectivity index (χ4v) is 1.79. The highest BCUT2D eigenvalue weighted by Gasteiger charge is 2.27. The summed E-state index contributed by atoms with van der Waals surface area (Å²) >= 11 is 0. The van der Waals surface area contributed by atoms with E-state index in [0.29, 0.717) is 18.3 Å². The quantitative estimate of drug-likeness (QED) is 0.781. The van der Waals surface area contributed by atoms with Crippen molar-refractivity contribution in [2.24, 2.45) is 0 Å². The smallest absolute Gasteiger partial charge is 0.230 e. The van der Waals surface area contributed by atoms with Gasteiger partial charge in [-0.1, -0.05) is 0 Å². The Morgan fingerprint density at radius 2 is 2.07 bits per heavy atom. The van der Waals surface area contributed by atoms with Crippen molar-refractivity contribution in [3.8, 4) is 0 Å². The molecule has 84 valence electrons. The van der Waals surface area contributed by atoms with Crippen LogP contribution in [0, 0.1) is 6.92 Å². The summed E-state index contributed by atoms with van der Waals surface area (Å²) in [7, 11) is 0. The molecular formula is C10H17N3O2. The summed E-state index contributed by atoms with van der Waals surface area (Å²) in [4.78, 5) is 2.23. The second-order valence-electron chi connectivity index (χ2n) is 4.49. The van der Waals surface area contributed by atoms with Crippen LogP contribution < -0.4 is 0 Å². The van der Waals surface area contributed by atoms with Crippen molar-refractivity contribution in [1.82, 2.24) is 15.1 Å². The highest BCUT2D eigenvalue weighted by Crippen LogP contribution is 2.21. The molecule has 1 aromatic rings. The number of nitrogens with zero attached hydrogens (tertiary/aromatic N) is 3. The third-order valence-corrected chi connectivity index (χ3v) is 2.86. The molecule has 0 bridgehead atoms. The van der Waals surface area contributed by atoms with Crippen LogP contribution in [0.15, 0.2) is 4.42 Å². The number of piperidine rings is 1. The second kappa shape index (κ2) is 3.90. The Bertz CT molecular complexity index is 325. The normalized spacial score (nSPS) is 21.8. The number of hydrogen-bond donors (Lipinski definition) is 1.